The molecule has 2 aromatic heterocycles. The molecule has 33 heavy (non-hydrogen) atoms. The van der Waals surface area contributed by atoms with Gasteiger partial charge in [0.2, 0.25) is 5.91 Å². The van der Waals surface area contributed by atoms with Crippen LogP contribution in [0.1, 0.15) is 45.1 Å². The molecule has 5 rings (SSSR count). The number of carbonyl (C=O) groups excluding carboxylic acids is 1. The molecule has 0 unspecified atom stereocenters. The second-order valence-electron chi connectivity index (χ2n) is 10.1. The molecule has 3 aliphatic rings. The van der Waals surface area contributed by atoms with E-state index in [1.54, 1.807) is 18.5 Å². The van der Waals surface area contributed by atoms with E-state index in [9.17, 15) is 19.5 Å². The maximum absolute atomic E-state index is 13.0. The van der Waals surface area contributed by atoms with E-state index in [2.05, 4.69) is 10.3 Å². The summed E-state index contributed by atoms with van der Waals surface area (Å²) in [5, 5.41) is 14.5. The van der Waals surface area contributed by atoms with Crippen LogP contribution in [0, 0.1) is 0 Å². The molecule has 2 aromatic rings. The van der Waals surface area contributed by atoms with Crippen LogP contribution in [-0.4, -0.2) is 78.1 Å². The molecule has 3 aliphatic heterocycles. The average molecular weight is 461 g/mol. The zero-order valence-electron chi connectivity index (χ0n) is 19.4. The van der Waals surface area contributed by atoms with Gasteiger partial charge in [0.05, 0.1) is 30.6 Å². The van der Waals surface area contributed by atoms with Gasteiger partial charge in [0, 0.05) is 33.6 Å². The third-order valence-corrected chi connectivity index (χ3v) is 7.81. The van der Waals surface area contributed by atoms with Gasteiger partial charge in [-0.3, -0.25) is 18.7 Å². The van der Waals surface area contributed by atoms with Crippen LogP contribution in [0.25, 0.3) is 11.2 Å². The largest absolute Gasteiger partial charge is 0.386 e. The Balaban J connectivity index is 1.43. The number of imidazole rings is 1. The molecule has 5 heterocycles. The Hall–Kier alpha value is -2.50. The third kappa shape index (κ3) is 3.53. The highest BCUT2D eigenvalue weighted by Crippen LogP contribution is 2.44. The first-order chi connectivity index (χ1) is 15.6. The SMILES string of the molecule is Cn1c(=O)c2c(ncn2[C@H]2CC3(CCN(C(=O)[C@@H]4CCCN4)CC3)OC[C@]2(C)O)n(C)c1=O. The summed E-state index contributed by atoms with van der Waals surface area (Å²) in [4.78, 5) is 44.3. The molecular formula is C22H32N6O5. The van der Waals surface area contributed by atoms with E-state index in [4.69, 9.17) is 4.74 Å². The van der Waals surface area contributed by atoms with E-state index in [0.29, 0.717) is 43.5 Å². The van der Waals surface area contributed by atoms with E-state index in [1.807, 2.05) is 4.90 Å². The number of rotatable bonds is 2. The van der Waals surface area contributed by atoms with E-state index >= 15 is 0 Å². The van der Waals surface area contributed by atoms with Crippen molar-refractivity contribution in [2.24, 2.45) is 14.1 Å². The number of aliphatic hydroxyl groups is 1. The molecule has 0 aromatic carbocycles. The van der Waals surface area contributed by atoms with Gasteiger partial charge >= 0.3 is 5.69 Å². The molecular weight excluding hydrogens is 428 g/mol. The Kier molecular flexibility index (Phi) is 5.26. The lowest BCUT2D eigenvalue weighted by Crippen LogP contribution is -2.58. The Morgan fingerprint density at radius 3 is 2.64 bits per heavy atom. The standard InChI is InChI=1S/C22H32N6O5/c1-21(32)12-33-22(6-9-27(10-7-22)18(29)14-5-4-8-23-14)11-15(21)28-13-24-17-16(28)19(30)26(3)20(31)25(17)2/h13-15,23,32H,4-12H2,1-3H3/t14-,15-,21-/m0/s1. The Morgan fingerprint density at radius 1 is 1.24 bits per heavy atom. The van der Waals surface area contributed by atoms with Crippen molar-refractivity contribution >= 4 is 17.1 Å². The Morgan fingerprint density at radius 2 is 1.97 bits per heavy atom. The van der Waals surface area contributed by atoms with Crippen molar-refractivity contribution in [2.45, 2.75) is 62.3 Å². The number of ether oxygens (including phenoxy) is 1. The minimum Gasteiger partial charge on any atom is -0.386 e. The number of hydrogen-bond donors (Lipinski definition) is 2. The van der Waals surface area contributed by atoms with Crippen molar-refractivity contribution in [3.8, 4) is 0 Å². The van der Waals surface area contributed by atoms with Crippen molar-refractivity contribution in [3.63, 3.8) is 0 Å². The molecule has 3 atom stereocenters. The zero-order valence-corrected chi connectivity index (χ0v) is 19.4. The van der Waals surface area contributed by atoms with Crippen LogP contribution in [0.3, 0.4) is 0 Å². The highest BCUT2D eigenvalue weighted by atomic mass is 16.5. The molecule has 0 saturated carbocycles. The number of hydrogen-bond acceptors (Lipinski definition) is 7. The fourth-order valence-corrected chi connectivity index (χ4v) is 5.62. The molecule has 180 valence electrons. The Bertz CT molecular complexity index is 1200. The minimum atomic E-state index is -1.22. The van der Waals surface area contributed by atoms with Crippen molar-refractivity contribution in [3.05, 3.63) is 27.2 Å². The lowest BCUT2D eigenvalue weighted by atomic mass is 9.77. The molecule has 11 nitrogen and oxygen atoms in total. The predicted molar refractivity (Wildman–Crippen MR) is 120 cm³/mol. The number of nitrogens with zero attached hydrogens (tertiary/aromatic N) is 5. The second-order valence-corrected chi connectivity index (χ2v) is 10.1. The fourth-order valence-electron chi connectivity index (χ4n) is 5.62. The van der Waals surface area contributed by atoms with Gasteiger partial charge < -0.3 is 24.6 Å². The lowest BCUT2D eigenvalue weighted by Gasteiger charge is -2.51. The van der Waals surface area contributed by atoms with Crippen molar-refractivity contribution in [1.82, 2.24) is 28.9 Å². The number of carbonyl (C=O) groups is 1. The van der Waals surface area contributed by atoms with Crippen LogP contribution in [-0.2, 0) is 23.6 Å². The van der Waals surface area contributed by atoms with Gasteiger partial charge in [-0.1, -0.05) is 0 Å². The molecule has 1 spiro atoms. The van der Waals surface area contributed by atoms with Crippen LogP contribution in [0.4, 0.5) is 0 Å². The van der Waals surface area contributed by atoms with Gasteiger partial charge in [0.25, 0.3) is 5.56 Å². The molecule has 3 fully saturated rings. The van der Waals surface area contributed by atoms with Crippen LogP contribution in [0.2, 0.25) is 0 Å². The maximum atomic E-state index is 13.0. The smallest absolute Gasteiger partial charge is 0.332 e. The fraction of sp³-hybridized carbons (Fsp3) is 0.727. The molecule has 0 radical (unpaired) electrons. The third-order valence-electron chi connectivity index (χ3n) is 7.81. The number of likely N-dealkylation sites (tertiary alicyclic amines) is 1. The summed E-state index contributed by atoms with van der Waals surface area (Å²) < 4.78 is 10.4. The van der Waals surface area contributed by atoms with E-state index in [1.165, 1.54) is 17.9 Å². The van der Waals surface area contributed by atoms with Gasteiger partial charge in [0.15, 0.2) is 11.2 Å². The van der Waals surface area contributed by atoms with Crippen LogP contribution in [0.5, 0.6) is 0 Å². The second kappa shape index (κ2) is 7.78. The first-order valence-corrected chi connectivity index (χ1v) is 11.6. The summed E-state index contributed by atoms with van der Waals surface area (Å²) in [6.45, 7) is 3.91. The monoisotopic (exact) mass is 460 g/mol. The van der Waals surface area contributed by atoms with E-state index < -0.39 is 28.5 Å². The van der Waals surface area contributed by atoms with Crippen LogP contribution >= 0.6 is 0 Å². The van der Waals surface area contributed by atoms with Crippen LogP contribution in [0.15, 0.2) is 15.9 Å². The summed E-state index contributed by atoms with van der Waals surface area (Å²) in [6, 6.07) is -0.541. The first-order valence-electron chi connectivity index (χ1n) is 11.6. The quantitative estimate of drug-likeness (QED) is 0.605. The number of aryl methyl sites for hydroxylation is 1. The number of amides is 1. The molecule has 1 amide bonds. The Labute approximate surface area is 190 Å². The van der Waals surface area contributed by atoms with Crippen molar-refractivity contribution in [2.75, 3.05) is 26.2 Å². The molecule has 11 heteroatoms. The number of aromatic nitrogens is 4. The number of piperidine rings is 1. The van der Waals surface area contributed by atoms with Gasteiger partial charge in [-0.25, -0.2) is 9.78 Å². The van der Waals surface area contributed by atoms with Gasteiger partial charge in [0.1, 0.15) is 5.60 Å². The summed E-state index contributed by atoms with van der Waals surface area (Å²) in [5.41, 5.74) is -2.01. The lowest BCUT2D eigenvalue weighted by molar-refractivity contribution is -0.201. The number of nitrogens with one attached hydrogen (secondary N) is 1. The van der Waals surface area contributed by atoms with Gasteiger partial charge in [-0.15, -0.1) is 0 Å². The summed E-state index contributed by atoms with van der Waals surface area (Å²) in [6.07, 6.45) is 5.27. The molecule has 0 bridgehead atoms. The normalized spacial score (nSPS) is 29.8. The first kappa shape index (κ1) is 22.3. The van der Waals surface area contributed by atoms with Gasteiger partial charge in [-0.05, 0) is 39.2 Å². The zero-order chi connectivity index (χ0) is 23.5. The van der Waals surface area contributed by atoms with Crippen molar-refractivity contribution < 1.29 is 14.6 Å². The summed E-state index contributed by atoms with van der Waals surface area (Å²) >= 11 is 0. The molecule has 0 aliphatic carbocycles. The van der Waals surface area contributed by atoms with Crippen molar-refractivity contribution in [1.29, 1.82) is 0 Å². The highest BCUT2D eigenvalue weighted by Gasteiger charge is 2.50. The predicted octanol–water partition coefficient (Wildman–Crippen LogP) is -0.741. The summed E-state index contributed by atoms with van der Waals surface area (Å²) in [7, 11) is 3.02. The van der Waals surface area contributed by atoms with E-state index in [-0.39, 0.29) is 18.6 Å². The average Bonchev–Trinajstić information content (AvgIpc) is 3.49. The minimum absolute atomic E-state index is 0.0834. The molecule has 2 N–H and O–H groups in total. The number of fused-ring (bicyclic) bond motifs is 1. The van der Waals surface area contributed by atoms with Crippen LogP contribution < -0.4 is 16.6 Å². The maximum Gasteiger partial charge on any atom is 0.332 e. The topological polar surface area (TPSA) is 124 Å². The molecule has 3 saturated heterocycles. The highest BCUT2D eigenvalue weighted by molar-refractivity contribution is 5.82. The van der Waals surface area contributed by atoms with E-state index in [0.717, 1.165) is 24.0 Å². The summed E-state index contributed by atoms with van der Waals surface area (Å²) in [5.74, 6) is 0.159. The van der Waals surface area contributed by atoms with Gasteiger partial charge in [-0.2, -0.15) is 0 Å².